The molecule has 0 aromatic heterocycles. The first-order valence-electron chi connectivity index (χ1n) is 10.6. The lowest BCUT2D eigenvalue weighted by molar-refractivity contribution is -0.313. The first-order chi connectivity index (χ1) is 14.2. The van der Waals surface area contributed by atoms with Gasteiger partial charge >= 0.3 is 11.9 Å². The molecule has 1 saturated heterocycles. The molecule has 1 saturated carbocycles. The summed E-state index contributed by atoms with van der Waals surface area (Å²) in [6.07, 6.45) is -0.768. The van der Waals surface area contributed by atoms with Crippen molar-refractivity contribution in [3.05, 3.63) is 0 Å². The van der Waals surface area contributed by atoms with E-state index in [0.717, 1.165) is 25.7 Å². The van der Waals surface area contributed by atoms with Gasteiger partial charge in [-0.1, -0.05) is 25.7 Å². The molecule has 0 aromatic carbocycles. The third kappa shape index (κ3) is 6.86. The monoisotopic (exact) mass is 434 g/mol. The molecule has 1 heterocycles. The number of hydrogen-bond donors (Lipinski definition) is 5. The molecular weight excluding hydrogens is 400 g/mol. The van der Waals surface area contributed by atoms with Gasteiger partial charge in [0.05, 0.1) is 18.3 Å². The van der Waals surface area contributed by atoms with Gasteiger partial charge < -0.3 is 39.7 Å². The highest BCUT2D eigenvalue weighted by Gasteiger charge is 2.44. The molecule has 2 rings (SSSR count). The Morgan fingerprint density at radius 2 is 1.57 bits per heavy atom. The number of carboxylic acids is 2. The number of hydrogen-bond acceptors (Lipinski definition) is 8. The van der Waals surface area contributed by atoms with Crippen molar-refractivity contribution in [1.82, 2.24) is 0 Å². The quantitative estimate of drug-likeness (QED) is 0.229. The maximum Gasteiger partial charge on any atom is 0.317 e. The highest BCUT2D eigenvalue weighted by atomic mass is 16.7. The number of aliphatic carboxylic acids is 2. The molecule has 0 bridgehead atoms. The van der Waals surface area contributed by atoms with Gasteiger partial charge in [-0.3, -0.25) is 9.59 Å². The highest BCUT2D eigenvalue weighted by molar-refractivity contribution is 5.92. The Balaban J connectivity index is 1.74. The number of ether oxygens (including phenoxy) is 3. The first-order valence-corrected chi connectivity index (χ1v) is 10.6. The van der Waals surface area contributed by atoms with Gasteiger partial charge in [0.15, 0.2) is 12.2 Å². The molecule has 0 aromatic rings. The Labute approximate surface area is 175 Å². The van der Waals surface area contributed by atoms with Crippen molar-refractivity contribution in [1.29, 1.82) is 0 Å². The minimum absolute atomic E-state index is 0.0864. The van der Waals surface area contributed by atoms with E-state index in [0.29, 0.717) is 25.9 Å². The second-order valence-electron chi connectivity index (χ2n) is 8.13. The molecule has 0 spiro atoms. The molecule has 30 heavy (non-hydrogen) atoms. The predicted octanol–water partition coefficient (Wildman–Crippen LogP) is 0.504. The van der Waals surface area contributed by atoms with Crippen molar-refractivity contribution < 1.29 is 49.3 Å². The van der Waals surface area contributed by atoms with E-state index in [-0.39, 0.29) is 18.6 Å². The molecule has 7 atom stereocenters. The molecule has 1 aliphatic heterocycles. The molecule has 2 aliphatic rings. The zero-order valence-corrected chi connectivity index (χ0v) is 17.3. The Morgan fingerprint density at radius 1 is 0.933 bits per heavy atom. The summed E-state index contributed by atoms with van der Waals surface area (Å²) in [5.74, 6) is -4.01. The average molecular weight is 434 g/mol. The lowest BCUT2D eigenvalue weighted by Crippen LogP contribution is -2.58. The van der Waals surface area contributed by atoms with Crippen molar-refractivity contribution in [3.8, 4) is 0 Å². The third-order valence-corrected chi connectivity index (χ3v) is 5.82. The average Bonchev–Trinajstić information content (AvgIpc) is 2.70. The van der Waals surface area contributed by atoms with Crippen LogP contribution in [0.4, 0.5) is 0 Å². The summed E-state index contributed by atoms with van der Waals surface area (Å²) in [6.45, 7) is 2.03. The third-order valence-electron chi connectivity index (χ3n) is 5.82. The van der Waals surface area contributed by atoms with E-state index in [1.807, 2.05) is 0 Å². The highest BCUT2D eigenvalue weighted by Crippen LogP contribution is 2.29. The minimum atomic E-state index is -1.37. The van der Waals surface area contributed by atoms with Crippen LogP contribution in [0.25, 0.3) is 0 Å². The summed E-state index contributed by atoms with van der Waals surface area (Å²) in [5, 5.41) is 47.6. The molecule has 2 fully saturated rings. The van der Waals surface area contributed by atoms with Crippen molar-refractivity contribution in [2.45, 2.75) is 101 Å². The van der Waals surface area contributed by atoms with Crippen molar-refractivity contribution in [3.63, 3.8) is 0 Å². The van der Waals surface area contributed by atoms with Crippen LogP contribution in [-0.2, 0) is 23.8 Å². The second-order valence-corrected chi connectivity index (χ2v) is 8.13. The van der Waals surface area contributed by atoms with Gasteiger partial charge in [-0.2, -0.15) is 0 Å². The van der Waals surface area contributed by atoms with Crippen molar-refractivity contribution in [2.75, 3.05) is 6.61 Å². The Hall–Kier alpha value is -1.30. The van der Waals surface area contributed by atoms with Gasteiger partial charge in [-0.15, -0.1) is 0 Å². The molecule has 0 amide bonds. The first kappa shape index (κ1) is 25.0. The lowest BCUT2D eigenvalue weighted by Gasteiger charge is -2.42. The van der Waals surface area contributed by atoms with Crippen LogP contribution in [0, 0.1) is 5.92 Å². The van der Waals surface area contributed by atoms with Crippen LogP contribution >= 0.6 is 0 Å². The van der Waals surface area contributed by atoms with E-state index in [2.05, 4.69) is 0 Å². The SMILES string of the molecule is CC1O[C@@H](OC2CCCC[C@H]2OCCCCCC(C(=O)O)C(=O)O)C(O)C(O)[C@@H]1O. The fourth-order valence-corrected chi connectivity index (χ4v) is 3.92. The topological polar surface area (TPSA) is 163 Å². The van der Waals surface area contributed by atoms with Gasteiger partial charge in [0, 0.05) is 6.61 Å². The lowest BCUT2D eigenvalue weighted by atomic mass is 9.94. The largest absolute Gasteiger partial charge is 0.481 e. The molecule has 1 aliphatic carbocycles. The van der Waals surface area contributed by atoms with Crippen LogP contribution in [-0.4, -0.2) is 87.0 Å². The van der Waals surface area contributed by atoms with Crippen LogP contribution in [0.5, 0.6) is 0 Å². The number of aliphatic hydroxyl groups is 3. The molecule has 174 valence electrons. The molecule has 10 heteroatoms. The van der Waals surface area contributed by atoms with Gasteiger partial charge in [0.1, 0.15) is 18.3 Å². The van der Waals surface area contributed by atoms with Crippen molar-refractivity contribution in [2.24, 2.45) is 5.92 Å². The zero-order chi connectivity index (χ0) is 22.3. The van der Waals surface area contributed by atoms with Gasteiger partial charge in [-0.25, -0.2) is 0 Å². The van der Waals surface area contributed by atoms with E-state index >= 15 is 0 Å². The van der Waals surface area contributed by atoms with Gasteiger partial charge in [-0.05, 0) is 32.6 Å². The smallest absolute Gasteiger partial charge is 0.317 e. The Bertz CT molecular complexity index is 542. The van der Waals surface area contributed by atoms with Crippen LogP contribution in [0.3, 0.4) is 0 Å². The number of aliphatic hydroxyl groups excluding tert-OH is 3. The van der Waals surface area contributed by atoms with E-state index < -0.39 is 48.6 Å². The maximum absolute atomic E-state index is 10.9. The normalized spacial score (nSPS) is 34.8. The summed E-state index contributed by atoms with van der Waals surface area (Å²) in [6, 6.07) is 0. The van der Waals surface area contributed by atoms with Crippen LogP contribution < -0.4 is 0 Å². The summed E-state index contributed by atoms with van der Waals surface area (Å²) < 4.78 is 17.4. The fraction of sp³-hybridized carbons (Fsp3) is 0.900. The van der Waals surface area contributed by atoms with E-state index in [4.69, 9.17) is 24.4 Å². The number of unbranched alkanes of at least 4 members (excludes halogenated alkanes) is 2. The second kappa shape index (κ2) is 11.9. The van der Waals surface area contributed by atoms with E-state index in [1.54, 1.807) is 6.92 Å². The predicted molar refractivity (Wildman–Crippen MR) is 103 cm³/mol. The minimum Gasteiger partial charge on any atom is -0.481 e. The Morgan fingerprint density at radius 3 is 2.20 bits per heavy atom. The van der Waals surface area contributed by atoms with Crippen LogP contribution in [0.15, 0.2) is 0 Å². The van der Waals surface area contributed by atoms with E-state index in [1.165, 1.54) is 0 Å². The van der Waals surface area contributed by atoms with Crippen LogP contribution in [0.1, 0.15) is 58.3 Å². The number of carbonyl (C=O) groups is 2. The van der Waals surface area contributed by atoms with E-state index in [9.17, 15) is 24.9 Å². The summed E-state index contributed by atoms with van der Waals surface area (Å²) >= 11 is 0. The molecule has 10 nitrogen and oxygen atoms in total. The standard InChI is InChI=1S/C20H34O10/c1-11-15(21)16(22)17(23)20(29-11)30-14-9-5-4-8-13(14)28-10-6-2-3-7-12(18(24)25)19(26)27/h11-17,20-23H,2-10H2,1H3,(H,24,25)(H,26,27)/t11?,13-,14?,15-,16?,17?,20+/m1/s1. The maximum atomic E-state index is 10.9. The molecule has 4 unspecified atom stereocenters. The fourth-order valence-electron chi connectivity index (χ4n) is 3.92. The Kier molecular flexibility index (Phi) is 9.92. The summed E-state index contributed by atoms with van der Waals surface area (Å²) in [5.41, 5.74) is 0. The molecular formula is C20H34O10. The van der Waals surface area contributed by atoms with Gasteiger partial charge in [0.2, 0.25) is 0 Å². The number of rotatable bonds is 11. The zero-order valence-electron chi connectivity index (χ0n) is 17.3. The van der Waals surface area contributed by atoms with Crippen molar-refractivity contribution >= 4 is 11.9 Å². The molecule has 5 N–H and O–H groups in total. The summed E-state index contributed by atoms with van der Waals surface area (Å²) in [7, 11) is 0. The molecule has 0 radical (unpaired) electrons. The number of carboxylic acid groups (broad SMARTS) is 2. The summed E-state index contributed by atoms with van der Waals surface area (Å²) in [4.78, 5) is 21.7. The van der Waals surface area contributed by atoms with Gasteiger partial charge in [0.25, 0.3) is 0 Å². The van der Waals surface area contributed by atoms with Crippen LogP contribution in [0.2, 0.25) is 0 Å².